The summed E-state index contributed by atoms with van der Waals surface area (Å²) in [5.41, 5.74) is 2.68. The number of nitrogens with zero attached hydrogens (tertiary/aromatic N) is 3. The molecule has 4 N–H and O–H groups in total. The molecule has 2 aliphatic heterocycles. The van der Waals surface area contributed by atoms with E-state index >= 15 is 0 Å². The summed E-state index contributed by atoms with van der Waals surface area (Å²) in [4.78, 5) is 4.18. The molecule has 1 saturated heterocycles. The van der Waals surface area contributed by atoms with Crippen molar-refractivity contribution in [3.8, 4) is 0 Å². The molecule has 1 fully saturated rings. The lowest BCUT2D eigenvalue weighted by Gasteiger charge is -2.23. The first-order valence-corrected chi connectivity index (χ1v) is 9.16. The Morgan fingerprint density at radius 3 is 2.70 bits per heavy atom. The van der Waals surface area contributed by atoms with Crippen molar-refractivity contribution >= 4 is 23.7 Å². The number of nitrogens with two attached hydrogens (primary N) is 1. The van der Waals surface area contributed by atoms with E-state index in [9.17, 15) is 10.2 Å². The van der Waals surface area contributed by atoms with Gasteiger partial charge in [-0.2, -0.15) is 5.10 Å². The van der Waals surface area contributed by atoms with Gasteiger partial charge >= 0.3 is 0 Å². The summed E-state index contributed by atoms with van der Waals surface area (Å²) >= 11 is 5.96. The predicted molar refractivity (Wildman–Crippen MR) is 103 cm³/mol. The standard InChI is InChI=1S/C19H21ClN4O3/c1-10(11-2-4-12(20)5-3-11)17-15(25)16(26)19(27-17)24-9-7-13-14(24)6-8-22-18(13)23-21/h2-5,7-10,15-17,19,25-26H,6,21H2,1H3/b23-18+/t10-,15+,16-,17-,19-/m1/s1. The highest BCUT2D eigenvalue weighted by Gasteiger charge is 2.46. The Bertz CT molecular complexity index is 893. The first-order valence-electron chi connectivity index (χ1n) is 8.78. The van der Waals surface area contributed by atoms with Gasteiger partial charge in [0.05, 0.1) is 6.10 Å². The van der Waals surface area contributed by atoms with Crippen LogP contribution in [0.5, 0.6) is 0 Å². The number of hydrazone groups is 1. The number of aliphatic hydroxyl groups is 2. The summed E-state index contributed by atoms with van der Waals surface area (Å²) in [6.45, 7) is 1.96. The maximum Gasteiger partial charge on any atom is 0.180 e. The fourth-order valence-electron chi connectivity index (χ4n) is 3.81. The minimum absolute atomic E-state index is 0.119. The monoisotopic (exact) mass is 388 g/mol. The van der Waals surface area contributed by atoms with Crippen molar-refractivity contribution in [1.29, 1.82) is 0 Å². The second kappa shape index (κ2) is 7.09. The number of aromatic nitrogens is 1. The minimum Gasteiger partial charge on any atom is -0.387 e. The van der Waals surface area contributed by atoms with Crippen molar-refractivity contribution in [1.82, 2.24) is 4.57 Å². The highest BCUT2D eigenvalue weighted by atomic mass is 35.5. The molecule has 1 aromatic carbocycles. The normalized spacial score (nSPS) is 29.9. The lowest BCUT2D eigenvalue weighted by atomic mass is 9.91. The zero-order valence-corrected chi connectivity index (χ0v) is 15.5. The summed E-state index contributed by atoms with van der Waals surface area (Å²) in [7, 11) is 0. The van der Waals surface area contributed by atoms with E-state index in [0.717, 1.165) is 16.8 Å². The van der Waals surface area contributed by atoms with E-state index in [2.05, 4.69) is 10.1 Å². The first-order chi connectivity index (χ1) is 13.0. The van der Waals surface area contributed by atoms with Gasteiger partial charge in [0.25, 0.3) is 0 Å². The van der Waals surface area contributed by atoms with E-state index in [4.69, 9.17) is 22.2 Å². The number of aliphatic imine (C=N–C) groups is 1. The maximum atomic E-state index is 10.7. The first kappa shape index (κ1) is 18.2. The third-order valence-corrected chi connectivity index (χ3v) is 5.58. The van der Waals surface area contributed by atoms with E-state index < -0.39 is 24.5 Å². The SMILES string of the molecule is C[C@H](c1ccc(Cl)cc1)[C@H]1O[C@@H](n2ccc3c2CC=N/C3=N/N)[C@H](O)[C@@H]1O. The van der Waals surface area contributed by atoms with E-state index in [1.807, 2.05) is 29.7 Å². The Kier molecular flexibility index (Phi) is 4.77. The van der Waals surface area contributed by atoms with Crippen LogP contribution < -0.4 is 5.84 Å². The van der Waals surface area contributed by atoms with Gasteiger partial charge in [-0.05, 0) is 23.8 Å². The molecule has 1 aromatic heterocycles. The number of ether oxygens (including phenoxy) is 1. The fourth-order valence-corrected chi connectivity index (χ4v) is 3.94. The minimum atomic E-state index is -1.06. The zero-order chi connectivity index (χ0) is 19.1. The van der Waals surface area contributed by atoms with Crippen LogP contribution in [0, 0.1) is 0 Å². The summed E-state index contributed by atoms with van der Waals surface area (Å²) in [5, 5.41) is 25.6. The van der Waals surface area contributed by atoms with Crippen LogP contribution in [0.1, 0.15) is 35.9 Å². The zero-order valence-electron chi connectivity index (χ0n) is 14.7. The van der Waals surface area contributed by atoms with E-state index in [1.54, 1.807) is 24.5 Å². The number of aliphatic hydroxyl groups excluding tert-OH is 2. The number of rotatable bonds is 3. The number of halogens is 1. The molecular formula is C19H21ClN4O3. The van der Waals surface area contributed by atoms with Crippen molar-refractivity contribution in [2.45, 2.75) is 43.8 Å². The van der Waals surface area contributed by atoms with Crippen LogP contribution >= 0.6 is 11.6 Å². The molecule has 5 atom stereocenters. The smallest absolute Gasteiger partial charge is 0.180 e. The van der Waals surface area contributed by atoms with Crippen LogP contribution in [-0.4, -0.2) is 45.1 Å². The predicted octanol–water partition coefficient (Wildman–Crippen LogP) is 1.81. The van der Waals surface area contributed by atoms with Crippen molar-refractivity contribution in [3.63, 3.8) is 0 Å². The average Bonchev–Trinajstić information content (AvgIpc) is 3.23. The molecule has 0 saturated carbocycles. The second-order valence-electron chi connectivity index (χ2n) is 6.86. The Morgan fingerprint density at radius 2 is 2.00 bits per heavy atom. The summed E-state index contributed by atoms with van der Waals surface area (Å²) in [5.74, 6) is 5.72. The topological polar surface area (TPSA) is 105 Å². The van der Waals surface area contributed by atoms with Crippen molar-refractivity contribution in [2.75, 3.05) is 0 Å². The lowest BCUT2D eigenvalue weighted by molar-refractivity contribution is -0.0441. The number of benzene rings is 1. The molecule has 8 heteroatoms. The molecule has 2 aliphatic rings. The fraction of sp³-hybridized carbons (Fsp3) is 0.368. The third-order valence-electron chi connectivity index (χ3n) is 5.32. The molecule has 0 spiro atoms. The highest BCUT2D eigenvalue weighted by molar-refractivity contribution is 6.30. The Balaban J connectivity index is 1.62. The molecule has 0 unspecified atom stereocenters. The van der Waals surface area contributed by atoms with Crippen molar-refractivity contribution in [3.05, 3.63) is 58.4 Å². The van der Waals surface area contributed by atoms with Crippen LogP contribution in [0.15, 0.2) is 46.6 Å². The second-order valence-corrected chi connectivity index (χ2v) is 7.30. The van der Waals surface area contributed by atoms with Gasteiger partial charge in [0.15, 0.2) is 12.1 Å². The molecular weight excluding hydrogens is 368 g/mol. The molecule has 7 nitrogen and oxygen atoms in total. The van der Waals surface area contributed by atoms with Gasteiger partial charge in [0.1, 0.15) is 12.2 Å². The molecule has 3 heterocycles. The van der Waals surface area contributed by atoms with Gasteiger partial charge in [-0.15, -0.1) is 0 Å². The van der Waals surface area contributed by atoms with Gasteiger partial charge in [0, 0.05) is 41.0 Å². The van der Waals surface area contributed by atoms with Gasteiger partial charge in [-0.1, -0.05) is 30.7 Å². The quantitative estimate of drug-likeness (QED) is 0.550. The molecule has 0 amide bonds. The van der Waals surface area contributed by atoms with Gasteiger partial charge in [-0.25, -0.2) is 4.99 Å². The van der Waals surface area contributed by atoms with E-state index in [0.29, 0.717) is 17.3 Å². The highest BCUT2D eigenvalue weighted by Crippen LogP contribution is 2.38. The van der Waals surface area contributed by atoms with Crippen LogP contribution in [0.2, 0.25) is 5.02 Å². The van der Waals surface area contributed by atoms with Gasteiger partial charge in [0.2, 0.25) is 0 Å². The van der Waals surface area contributed by atoms with Crippen molar-refractivity contribution < 1.29 is 14.9 Å². The molecule has 27 heavy (non-hydrogen) atoms. The van der Waals surface area contributed by atoms with Crippen LogP contribution in [0.25, 0.3) is 0 Å². The molecule has 0 bridgehead atoms. The van der Waals surface area contributed by atoms with Crippen molar-refractivity contribution in [2.24, 2.45) is 15.9 Å². The van der Waals surface area contributed by atoms with Gasteiger partial charge < -0.3 is 25.4 Å². The molecule has 0 radical (unpaired) electrons. The van der Waals surface area contributed by atoms with Gasteiger partial charge in [-0.3, -0.25) is 0 Å². The van der Waals surface area contributed by atoms with Crippen LogP contribution in [-0.2, 0) is 11.2 Å². The summed E-state index contributed by atoms with van der Waals surface area (Å²) in [6.07, 6.45) is 0.771. The Labute approximate surface area is 161 Å². The Hall–Kier alpha value is -2.19. The lowest BCUT2D eigenvalue weighted by Crippen LogP contribution is -2.34. The number of hydrogen-bond acceptors (Lipinski definition) is 5. The number of amidine groups is 1. The maximum absolute atomic E-state index is 10.7. The average molecular weight is 389 g/mol. The van der Waals surface area contributed by atoms with Crippen LogP contribution in [0.4, 0.5) is 0 Å². The molecule has 2 aromatic rings. The van der Waals surface area contributed by atoms with Crippen LogP contribution in [0.3, 0.4) is 0 Å². The number of fused-ring (bicyclic) bond motifs is 1. The molecule has 0 aliphatic carbocycles. The molecule has 142 valence electrons. The molecule has 4 rings (SSSR count). The van der Waals surface area contributed by atoms with E-state index in [-0.39, 0.29) is 5.92 Å². The summed E-state index contributed by atoms with van der Waals surface area (Å²) < 4.78 is 7.95. The van der Waals surface area contributed by atoms with E-state index in [1.165, 1.54) is 0 Å². The largest absolute Gasteiger partial charge is 0.387 e. The third kappa shape index (κ3) is 3.06. The summed E-state index contributed by atoms with van der Waals surface area (Å²) in [6, 6.07) is 9.26. The number of hydrogen-bond donors (Lipinski definition) is 3. The Morgan fingerprint density at radius 1 is 1.26 bits per heavy atom.